The molecule has 0 bridgehead atoms. The van der Waals surface area contributed by atoms with Crippen LogP contribution < -0.4 is 10.1 Å². The normalized spacial score (nSPS) is 13.0. The number of nitrogens with one attached hydrogen (secondary N) is 2. The lowest BCUT2D eigenvalue weighted by molar-refractivity contribution is -0.118. The van der Waals surface area contributed by atoms with Gasteiger partial charge in [0.25, 0.3) is 5.91 Å². The highest BCUT2D eigenvalue weighted by Gasteiger charge is 2.13. The van der Waals surface area contributed by atoms with E-state index in [1.165, 1.54) is 17.5 Å². The van der Waals surface area contributed by atoms with E-state index in [0.29, 0.717) is 0 Å². The van der Waals surface area contributed by atoms with Crippen LogP contribution in [-0.4, -0.2) is 22.7 Å². The zero-order valence-electron chi connectivity index (χ0n) is 12.3. The fourth-order valence-electron chi connectivity index (χ4n) is 2.70. The number of H-pyrrole nitrogens is 1. The van der Waals surface area contributed by atoms with Crippen molar-refractivity contribution in [2.24, 2.45) is 0 Å². The molecule has 110 valence electrons. The molecule has 1 aliphatic carbocycles. The summed E-state index contributed by atoms with van der Waals surface area (Å²) in [5, 5.41) is 9.71. The number of amides is 1. The lowest BCUT2D eigenvalue weighted by atomic mass is 10.1. The SMILES string of the molecule is Cc1n[nH]c(C)c1NC(=O)COc1ccc2c(c1)CCC2. The molecule has 0 saturated carbocycles. The van der Waals surface area contributed by atoms with Crippen LogP contribution in [0.5, 0.6) is 5.75 Å². The molecule has 0 radical (unpaired) electrons. The number of aromatic amines is 1. The van der Waals surface area contributed by atoms with E-state index in [1.807, 2.05) is 26.0 Å². The van der Waals surface area contributed by atoms with E-state index in [-0.39, 0.29) is 12.5 Å². The number of hydrogen-bond acceptors (Lipinski definition) is 3. The lowest BCUT2D eigenvalue weighted by Gasteiger charge is -2.09. The minimum absolute atomic E-state index is 0.00282. The monoisotopic (exact) mass is 285 g/mol. The van der Waals surface area contributed by atoms with E-state index in [1.54, 1.807) is 0 Å². The maximum absolute atomic E-state index is 11.9. The van der Waals surface area contributed by atoms with Crippen LogP contribution in [-0.2, 0) is 17.6 Å². The Hall–Kier alpha value is -2.30. The summed E-state index contributed by atoms with van der Waals surface area (Å²) in [6, 6.07) is 6.08. The first-order valence-electron chi connectivity index (χ1n) is 7.19. The number of aromatic nitrogens is 2. The summed E-state index contributed by atoms with van der Waals surface area (Å²) in [5.74, 6) is 0.578. The van der Waals surface area contributed by atoms with Crippen molar-refractivity contribution in [1.82, 2.24) is 10.2 Å². The first-order valence-corrected chi connectivity index (χ1v) is 7.19. The number of aryl methyl sites for hydroxylation is 4. The first kappa shape index (κ1) is 13.7. The topological polar surface area (TPSA) is 67.0 Å². The molecule has 0 saturated heterocycles. The Labute approximate surface area is 123 Å². The van der Waals surface area contributed by atoms with Crippen LogP contribution in [0.3, 0.4) is 0 Å². The summed E-state index contributed by atoms with van der Waals surface area (Å²) in [6.45, 7) is 3.72. The molecule has 1 amide bonds. The smallest absolute Gasteiger partial charge is 0.262 e. The van der Waals surface area contributed by atoms with Gasteiger partial charge in [-0.15, -0.1) is 0 Å². The van der Waals surface area contributed by atoms with Crippen molar-refractivity contribution >= 4 is 11.6 Å². The third-order valence-electron chi connectivity index (χ3n) is 3.83. The van der Waals surface area contributed by atoms with Crippen LogP contribution in [0.15, 0.2) is 18.2 Å². The van der Waals surface area contributed by atoms with Gasteiger partial charge >= 0.3 is 0 Å². The molecule has 2 aromatic rings. The minimum atomic E-state index is -0.178. The zero-order valence-corrected chi connectivity index (χ0v) is 12.3. The highest BCUT2D eigenvalue weighted by Crippen LogP contribution is 2.26. The third-order valence-corrected chi connectivity index (χ3v) is 3.83. The number of carbonyl (C=O) groups excluding carboxylic acids is 1. The predicted octanol–water partition coefficient (Wildman–Crippen LogP) is 2.53. The van der Waals surface area contributed by atoms with Crippen LogP contribution in [0, 0.1) is 13.8 Å². The van der Waals surface area contributed by atoms with Crippen molar-refractivity contribution in [3.8, 4) is 5.75 Å². The van der Waals surface area contributed by atoms with E-state index in [0.717, 1.165) is 35.7 Å². The predicted molar refractivity (Wildman–Crippen MR) is 80.7 cm³/mol. The Morgan fingerprint density at radius 1 is 1.33 bits per heavy atom. The van der Waals surface area contributed by atoms with Crippen molar-refractivity contribution in [1.29, 1.82) is 0 Å². The summed E-state index contributed by atoms with van der Waals surface area (Å²) < 4.78 is 5.58. The number of carbonyl (C=O) groups is 1. The number of fused-ring (bicyclic) bond motifs is 1. The van der Waals surface area contributed by atoms with Crippen molar-refractivity contribution in [3.05, 3.63) is 40.7 Å². The molecule has 5 nitrogen and oxygen atoms in total. The molecule has 3 rings (SSSR count). The van der Waals surface area contributed by atoms with Crippen LogP contribution in [0.2, 0.25) is 0 Å². The van der Waals surface area contributed by atoms with Gasteiger partial charge in [0, 0.05) is 0 Å². The average Bonchev–Trinajstić information content (AvgIpc) is 3.06. The van der Waals surface area contributed by atoms with Gasteiger partial charge in [0.05, 0.1) is 17.1 Å². The molecule has 0 atom stereocenters. The van der Waals surface area contributed by atoms with Gasteiger partial charge in [-0.1, -0.05) is 6.07 Å². The van der Waals surface area contributed by atoms with Gasteiger partial charge in [-0.2, -0.15) is 5.10 Å². The number of hydrogen-bond donors (Lipinski definition) is 2. The van der Waals surface area contributed by atoms with Gasteiger partial charge in [0.15, 0.2) is 6.61 Å². The van der Waals surface area contributed by atoms with Crippen LogP contribution in [0.1, 0.15) is 28.9 Å². The number of nitrogens with zero attached hydrogens (tertiary/aromatic N) is 1. The largest absolute Gasteiger partial charge is 0.484 e. The maximum Gasteiger partial charge on any atom is 0.262 e. The van der Waals surface area contributed by atoms with Crippen molar-refractivity contribution in [2.75, 3.05) is 11.9 Å². The third kappa shape index (κ3) is 2.91. The van der Waals surface area contributed by atoms with E-state index < -0.39 is 0 Å². The summed E-state index contributed by atoms with van der Waals surface area (Å²) in [7, 11) is 0. The highest BCUT2D eigenvalue weighted by atomic mass is 16.5. The number of ether oxygens (including phenoxy) is 1. The number of rotatable bonds is 4. The molecular formula is C16H19N3O2. The number of benzene rings is 1. The Bertz CT molecular complexity index is 657. The maximum atomic E-state index is 11.9. The molecule has 21 heavy (non-hydrogen) atoms. The van der Waals surface area contributed by atoms with Crippen molar-refractivity contribution in [3.63, 3.8) is 0 Å². The van der Waals surface area contributed by atoms with Gasteiger partial charge in [-0.25, -0.2) is 0 Å². The second-order valence-electron chi connectivity index (χ2n) is 5.43. The van der Waals surface area contributed by atoms with Gasteiger partial charge in [-0.3, -0.25) is 9.89 Å². The van der Waals surface area contributed by atoms with E-state index in [2.05, 4.69) is 21.6 Å². The lowest BCUT2D eigenvalue weighted by Crippen LogP contribution is -2.20. The molecule has 1 heterocycles. The molecule has 2 N–H and O–H groups in total. The van der Waals surface area contributed by atoms with E-state index >= 15 is 0 Å². The molecule has 0 spiro atoms. The summed E-state index contributed by atoms with van der Waals surface area (Å²) in [5.41, 5.74) is 5.10. The van der Waals surface area contributed by atoms with Gasteiger partial charge in [0.1, 0.15) is 5.75 Å². The van der Waals surface area contributed by atoms with Crippen LogP contribution >= 0.6 is 0 Å². The van der Waals surface area contributed by atoms with E-state index in [4.69, 9.17) is 4.74 Å². The average molecular weight is 285 g/mol. The van der Waals surface area contributed by atoms with Gasteiger partial charge in [-0.05, 0) is 56.4 Å². The fraction of sp³-hybridized carbons (Fsp3) is 0.375. The molecule has 5 heteroatoms. The molecule has 1 aromatic carbocycles. The fourth-order valence-corrected chi connectivity index (χ4v) is 2.70. The standard InChI is InChI=1S/C16H19N3O2/c1-10-16(11(2)19-18-10)17-15(20)9-21-14-7-6-12-4-3-5-13(12)8-14/h6-8H,3-5,9H2,1-2H3,(H,17,20)(H,18,19). The Balaban J connectivity index is 1.59. The Morgan fingerprint density at radius 3 is 2.90 bits per heavy atom. The quantitative estimate of drug-likeness (QED) is 0.907. The Kier molecular flexibility index (Phi) is 3.64. The zero-order chi connectivity index (χ0) is 14.8. The van der Waals surface area contributed by atoms with Gasteiger partial charge < -0.3 is 10.1 Å². The highest BCUT2D eigenvalue weighted by molar-refractivity contribution is 5.92. The summed E-state index contributed by atoms with van der Waals surface area (Å²) >= 11 is 0. The summed E-state index contributed by atoms with van der Waals surface area (Å²) in [6.07, 6.45) is 3.46. The number of anilines is 1. The Morgan fingerprint density at radius 2 is 2.14 bits per heavy atom. The minimum Gasteiger partial charge on any atom is -0.484 e. The molecule has 1 aliphatic rings. The molecular weight excluding hydrogens is 266 g/mol. The van der Waals surface area contributed by atoms with E-state index in [9.17, 15) is 4.79 Å². The van der Waals surface area contributed by atoms with Crippen LogP contribution in [0.25, 0.3) is 0 Å². The summed E-state index contributed by atoms with van der Waals surface area (Å²) in [4.78, 5) is 11.9. The second kappa shape index (κ2) is 5.60. The molecule has 1 aromatic heterocycles. The van der Waals surface area contributed by atoms with Gasteiger partial charge in [0.2, 0.25) is 0 Å². The molecule has 0 aliphatic heterocycles. The molecule has 0 unspecified atom stereocenters. The van der Waals surface area contributed by atoms with Crippen molar-refractivity contribution < 1.29 is 9.53 Å². The van der Waals surface area contributed by atoms with Crippen molar-refractivity contribution in [2.45, 2.75) is 33.1 Å². The van der Waals surface area contributed by atoms with Crippen LogP contribution in [0.4, 0.5) is 5.69 Å². The first-order chi connectivity index (χ1) is 10.1. The second-order valence-corrected chi connectivity index (χ2v) is 5.43. The molecule has 0 fully saturated rings.